The summed E-state index contributed by atoms with van der Waals surface area (Å²) in [5.41, 5.74) is 2.01. The van der Waals surface area contributed by atoms with Crippen LogP contribution >= 0.6 is 11.6 Å². The number of nitrogens with one attached hydrogen (secondary N) is 1. The quantitative estimate of drug-likeness (QED) is 0.830. The van der Waals surface area contributed by atoms with Crippen molar-refractivity contribution in [1.82, 2.24) is 5.32 Å². The first-order valence-corrected chi connectivity index (χ1v) is 7.55. The molecule has 0 spiro atoms. The van der Waals surface area contributed by atoms with E-state index >= 15 is 0 Å². The summed E-state index contributed by atoms with van der Waals surface area (Å²) >= 11 is 6.07. The van der Waals surface area contributed by atoms with Crippen molar-refractivity contribution in [3.63, 3.8) is 0 Å². The summed E-state index contributed by atoms with van der Waals surface area (Å²) in [6, 6.07) is 8.19. The Kier molecular flexibility index (Phi) is 4.87. The van der Waals surface area contributed by atoms with Gasteiger partial charge in [0.25, 0.3) is 5.91 Å². The first-order valence-electron chi connectivity index (χ1n) is 7.11. The van der Waals surface area contributed by atoms with Gasteiger partial charge < -0.3 is 5.32 Å². The van der Waals surface area contributed by atoms with Gasteiger partial charge in [-0.05, 0) is 49.3 Å². The van der Waals surface area contributed by atoms with Crippen LogP contribution in [0.25, 0.3) is 0 Å². The highest BCUT2D eigenvalue weighted by Crippen LogP contribution is 2.23. The molecule has 0 aromatic heterocycles. The first kappa shape index (κ1) is 14.4. The Labute approximate surface area is 120 Å². The third-order valence-electron chi connectivity index (χ3n) is 3.83. The number of carbonyl (C=O) groups is 1. The van der Waals surface area contributed by atoms with E-state index in [1.807, 2.05) is 24.3 Å². The van der Waals surface area contributed by atoms with Crippen LogP contribution in [0.3, 0.4) is 0 Å². The lowest BCUT2D eigenvalue weighted by Gasteiger charge is -2.25. The molecule has 2 nitrogen and oxygen atoms in total. The SMILES string of the molecule is CC(C)c1ccc(C(=O)NC2CCC(Cl)CC2)cc1. The van der Waals surface area contributed by atoms with Crippen molar-refractivity contribution < 1.29 is 4.79 Å². The average molecular weight is 280 g/mol. The van der Waals surface area contributed by atoms with Crippen molar-refractivity contribution in [1.29, 1.82) is 0 Å². The van der Waals surface area contributed by atoms with Gasteiger partial charge in [-0.25, -0.2) is 0 Å². The number of hydrogen-bond donors (Lipinski definition) is 1. The number of benzene rings is 1. The van der Waals surface area contributed by atoms with Gasteiger partial charge in [-0.15, -0.1) is 11.6 Å². The minimum absolute atomic E-state index is 0.0355. The molecule has 1 N–H and O–H groups in total. The first-order chi connectivity index (χ1) is 9.06. The molecule has 2 rings (SSSR count). The van der Waals surface area contributed by atoms with Crippen LogP contribution < -0.4 is 5.32 Å². The number of carbonyl (C=O) groups excluding carboxylic acids is 1. The highest BCUT2D eigenvalue weighted by Gasteiger charge is 2.21. The Balaban J connectivity index is 1.92. The molecule has 0 bridgehead atoms. The van der Waals surface area contributed by atoms with E-state index in [2.05, 4.69) is 19.2 Å². The van der Waals surface area contributed by atoms with E-state index in [0.29, 0.717) is 11.3 Å². The zero-order valence-electron chi connectivity index (χ0n) is 11.7. The Bertz CT molecular complexity index is 419. The Hall–Kier alpha value is -1.02. The van der Waals surface area contributed by atoms with Crippen molar-refractivity contribution >= 4 is 17.5 Å². The van der Waals surface area contributed by atoms with Crippen LogP contribution in [0.5, 0.6) is 0 Å². The summed E-state index contributed by atoms with van der Waals surface area (Å²) in [5, 5.41) is 3.40. The smallest absolute Gasteiger partial charge is 0.251 e. The van der Waals surface area contributed by atoms with Crippen LogP contribution in [0.15, 0.2) is 24.3 Å². The predicted octanol–water partition coefficient (Wildman–Crippen LogP) is 4.09. The van der Waals surface area contributed by atoms with Gasteiger partial charge >= 0.3 is 0 Å². The highest BCUT2D eigenvalue weighted by molar-refractivity contribution is 6.20. The van der Waals surface area contributed by atoms with Crippen LogP contribution in [-0.4, -0.2) is 17.3 Å². The number of alkyl halides is 1. The molecule has 0 unspecified atom stereocenters. The van der Waals surface area contributed by atoms with Crippen molar-refractivity contribution in [3.05, 3.63) is 35.4 Å². The second-order valence-corrected chi connectivity index (χ2v) is 6.32. The van der Waals surface area contributed by atoms with Gasteiger partial charge in [0.2, 0.25) is 0 Å². The van der Waals surface area contributed by atoms with Gasteiger partial charge in [0.15, 0.2) is 0 Å². The van der Waals surface area contributed by atoms with Crippen LogP contribution in [0.2, 0.25) is 0 Å². The average Bonchev–Trinajstić information content (AvgIpc) is 2.41. The molecule has 0 saturated heterocycles. The maximum absolute atomic E-state index is 12.1. The van der Waals surface area contributed by atoms with Crippen molar-refractivity contribution in [2.75, 3.05) is 0 Å². The van der Waals surface area contributed by atoms with E-state index in [9.17, 15) is 4.79 Å². The van der Waals surface area contributed by atoms with Crippen LogP contribution in [0.4, 0.5) is 0 Å². The molecule has 1 aliphatic carbocycles. The van der Waals surface area contributed by atoms with Crippen molar-refractivity contribution in [2.24, 2.45) is 0 Å². The largest absolute Gasteiger partial charge is 0.349 e. The molecular weight excluding hydrogens is 258 g/mol. The van der Waals surface area contributed by atoms with Crippen molar-refractivity contribution in [2.45, 2.75) is 56.9 Å². The zero-order chi connectivity index (χ0) is 13.8. The number of hydrogen-bond acceptors (Lipinski definition) is 1. The molecule has 1 aliphatic rings. The summed E-state index contributed by atoms with van der Waals surface area (Å²) < 4.78 is 0. The van der Waals surface area contributed by atoms with Crippen LogP contribution in [-0.2, 0) is 0 Å². The fourth-order valence-corrected chi connectivity index (χ4v) is 2.74. The summed E-state index contributed by atoms with van der Waals surface area (Å²) in [5.74, 6) is 0.532. The second-order valence-electron chi connectivity index (χ2n) is 5.70. The molecule has 3 heteroatoms. The second kappa shape index (κ2) is 6.42. The number of halogens is 1. The molecule has 104 valence electrons. The molecule has 0 aliphatic heterocycles. The third kappa shape index (κ3) is 3.97. The normalized spacial score (nSPS) is 23.4. The van der Waals surface area contributed by atoms with E-state index in [1.165, 1.54) is 5.56 Å². The van der Waals surface area contributed by atoms with Gasteiger partial charge in [-0.2, -0.15) is 0 Å². The molecule has 1 aromatic carbocycles. The Morgan fingerprint density at radius 3 is 2.26 bits per heavy atom. The lowest BCUT2D eigenvalue weighted by Crippen LogP contribution is -2.37. The lowest BCUT2D eigenvalue weighted by atomic mass is 9.94. The lowest BCUT2D eigenvalue weighted by molar-refractivity contribution is 0.0928. The van der Waals surface area contributed by atoms with E-state index in [0.717, 1.165) is 31.2 Å². The number of rotatable bonds is 3. The molecule has 1 amide bonds. The van der Waals surface area contributed by atoms with Gasteiger partial charge in [0.1, 0.15) is 0 Å². The minimum atomic E-state index is 0.0355. The predicted molar refractivity (Wildman–Crippen MR) is 79.9 cm³/mol. The molecule has 0 atom stereocenters. The summed E-state index contributed by atoms with van der Waals surface area (Å²) in [7, 11) is 0. The van der Waals surface area contributed by atoms with E-state index < -0.39 is 0 Å². The molecule has 1 aromatic rings. The van der Waals surface area contributed by atoms with Crippen LogP contribution in [0.1, 0.15) is 61.4 Å². The monoisotopic (exact) mass is 279 g/mol. The number of amides is 1. The maximum Gasteiger partial charge on any atom is 0.251 e. The molecule has 1 saturated carbocycles. The minimum Gasteiger partial charge on any atom is -0.349 e. The zero-order valence-corrected chi connectivity index (χ0v) is 12.4. The molecule has 0 heterocycles. The fourth-order valence-electron chi connectivity index (χ4n) is 2.49. The summed E-state index contributed by atoms with van der Waals surface area (Å²) in [6.45, 7) is 4.30. The van der Waals surface area contributed by atoms with Crippen LogP contribution in [0, 0.1) is 0 Å². The highest BCUT2D eigenvalue weighted by atomic mass is 35.5. The molecule has 1 fully saturated rings. The Morgan fingerprint density at radius 2 is 1.74 bits per heavy atom. The van der Waals surface area contributed by atoms with Gasteiger partial charge in [-0.1, -0.05) is 26.0 Å². The van der Waals surface area contributed by atoms with Gasteiger partial charge in [0.05, 0.1) is 0 Å². The maximum atomic E-state index is 12.1. The molecule has 19 heavy (non-hydrogen) atoms. The standard InChI is InChI=1S/C16H22ClNO/c1-11(2)12-3-5-13(6-4-12)16(19)18-15-9-7-14(17)8-10-15/h3-6,11,14-15H,7-10H2,1-2H3,(H,18,19). The summed E-state index contributed by atoms with van der Waals surface area (Å²) in [6.07, 6.45) is 3.98. The van der Waals surface area contributed by atoms with Gasteiger partial charge in [-0.3, -0.25) is 4.79 Å². The van der Waals surface area contributed by atoms with E-state index in [4.69, 9.17) is 11.6 Å². The Morgan fingerprint density at radius 1 is 1.16 bits per heavy atom. The third-order valence-corrected chi connectivity index (χ3v) is 4.27. The summed E-state index contributed by atoms with van der Waals surface area (Å²) in [4.78, 5) is 12.1. The van der Waals surface area contributed by atoms with E-state index in [-0.39, 0.29) is 11.9 Å². The fraction of sp³-hybridized carbons (Fsp3) is 0.562. The van der Waals surface area contributed by atoms with E-state index in [1.54, 1.807) is 0 Å². The van der Waals surface area contributed by atoms with Gasteiger partial charge in [0, 0.05) is 17.0 Å². The molecular formula is C16H22ClNO. The molecule has 0 radical (unpaired) electrons. The van der Waals surface area contributed by atoms with Crippen molar-refractivity contribution in [3.8, 4) is 0 Å². The topological polar surface area (TPSA) is 29.1 Å².